The molecule has 182 valence electrons. The Bertz CT molecular complexity index is 1350. The van der Waals surface area contributed by atoms with E-state index in [-0.39, 0.29) is 35.2 Å². The van der Waals surface area contributed by atoms with E-state index in [1.54, 1.807) is 37.6 Å². The molecular formula is C23H21ClF2N5O3P. The first kappa shape index (κ1) is 24.8. The lowest BCUT2D eigenvalue weighted by Crippen LogP contribution is -2.43. The molecule has 2 heterocycles. The van der Waals surface area contributed by atoms with Gasteiger partial charge in [-0.15, -0.1) is 0 Å². The molecule has 1 aliphatic heterocycles. The van der Waals surface area contributed by atoms with Crippen molar-refractivity contribution < 1.29 is 22.9 Å². The second-order valence-electron chi connectivity index (χ2n) is 8.28. The summed E-state index contributed by atoms with van der Waals surface area (Å²) >= 11 is 5.65. The van der Waals surface area contributed by atoms with Gasteiger partial charge >= 0.3 is 6.03 Å². The van der Waals surface area contributed by atoms with Crippen molar-refractivity contribution in [2.45, 2.75) is 12.5 Å². The topological polar surface area (TPSA) is 104 Å². The number of aromatic nitrogens is 2. The summed E-state index contributed by atoms with van der Waals surface area (Å²) in [4.78, 5) is 33.8. The van der Waals surface area contributed by atoms with Gasteiger partial charge in [-0.2, -0.15) is 0 Å². The molecule has 0 radical (unpaired) electrons. The highest BCUT2D eigenvalue weighted by atomic mass is 35.5. The maximum Gasteiger partial charge on any atom is 0.321 e. The van der Waals surface area contributed by atoms with Gasteiger partial charge in [-0.05, 0) is 37.4 Å². The van der Waals surface area contributed by atoms with E-state index in [4.69, 9.17) is 11.6 Å². The molecule has 1 fully saturated rings. The molecule has 1 saturated heterocycles. The molecule has 12 heteroatoms. The minimum atomic E-state index is -2.76. The minimum Gasteiger partial charge on any atom is -0.326 e. The fourth-order valence-corrected chi connectivity index (χ4v) is 5.19. The molecule has 1 atom stereocenters. The summed E-state index contributed by atoms with van der Waals surface area (Å²) in [6.45, 7) is 3.19. The molecule has 0 bridgehead atoms. The van der Waals surface area contributed by atoms with E-state index in [2.05, 4.69) is 20.6 Å². The van der Waals surface area contributed by atoms with Crippen molar-refractivity contribution in [2.24, 2.45) is 0 Å². The third-order valence-electron chi connectivity index (χ3n) is 5.50. The number of halogens is 3. The van der Waals surface area contributed by atoms with Crippen LogP contribution in [0.1, 0.15) is 6.42 Å². The zero-order chi connectivity index (χ0) is 25.3. The Balaban J connectivity index is 1.53. The monoisotopic (exact) mass is 519 g/mol. The van der Waals surface area contributed by atoms with E-state index in [0.29, 0.717) is 10.9 Å². The Hall–Kier alpha value is -3.36. The second kappa shape index (κ2) is 9.71. The van der Waals surface area contributed by atoms with Crippen LogP contribution in [0, 0.1) is 11.6 Å². The predicted molar refractivity (Wildman–Crippen MR) is 131 cm³/mol. The summed E-state index contributed by atoms with van der Waals surface area (Å²) in [6.07, 6.45) is 2.69. The van der Waals surface area contributed by atoms with Crippen molar-refractivity contribution in [3.63, 3.8) is 0 Å². The van der Waals surface area contributed by atoms with E-state index in [1.807, 2.05) is 0 Å². The largest absolute Gasteiger partial charge is 0.326 e. The predicted octanol–water partition coefficient (Wildman–Crippen LogP) is 4.25. The van der Waals surface area contributed by atoms with Crippen LogP contribution in [0.2, 0.25) is 5.15 Å². The maximum absolute atomic E-state index is 15.2. The van der Waals surface area contributed by atoms with Crippen LogP contribution in [0.3, 0.4) is 0 Å². The lowest BCUT2D eigenvalue weighted by atomic mass is 10.0. The molecule has 3 amide bonds. The summed E-state index contributed by atoms with van der Waals surface area (Å²) in [5.41, 5.74) is 0.0479. The summed E-state index contributed by atoms with van der Waals surface area (Å²) in [5.74, 6) is -2.80. The van der Waals surface area contributed by atoms with Gasteiger partial charge in [0.1, 0.15) is 18.3 Å². The lowest BCUT2D eigenvalue weighted by molar-refractivity contribution is -0.118. The third kappa shape index (κ3) is 5.18. The van der Waals surface area contributed by atoms with Crippen molar-refractivity contribution >= 4 is 47.5 Å². The normalized spacial score (nSPS) is 15.9. The molecule has 0 aliphatic carbocycles. The van der Waals surface area contributed by atoms with Gasteiger partial charge in [-0.3, -0.25) is 10.1 Å². The van der Waals surface area contributed by atoms with E-state index in [9.17, 15) is 14.2 Å². The van der Waals surface area contributed by atoms with E-state index >= 15 is 8.78 Å². The molecule has 0 unspecified atom stereocenters. The number of rotatable bonds is 5. The van der Waals surface area contributed by atoms with Crippen LogP contribution in [0.25, 0.3) is 11.1 Å². The standard InChI is InChI=1S/C23H21ClF2N5O3P/c1-35(2,34)17-6-4-3-5-13(17)14-7-8-16(21(26)20(14)25)31-10-9-15(22(31)32)29-23(33)30-19-12-27-18(24)11-28-19/h3-8,11-12,15H,9-10H2,1-2H3,(H2,28,29,30,33)/t15-/m1/s1. The number of nitrogens with one attached hydrogen (secondary N) is 2. The lowest BCUT2D eigenvalue weighted by Gasteiger charge is -2.20. The van der Waals surface area contributed by atoms with Gasteiger partial charge < -0.3 is 14.8 Å². The third-order valence-corrected chi connectivity index (χ3v) is 7.25. The molecule has 2 aromatic carbocycles. The van der Waals surface area contributed by atoms with Gasteiger partial charge in [0.05, 0.1) is 18.1 Å². The van der Waals surface area contributed by atoms with Gasteiger partial charge in [0.15, 0.2) is 17.5 Å². The number of urea groups is 1. The van der Waals surface area contributed by atoms with Gasteiger partial charge in [0.2, 0.25) is 5.91 Å². The number of carbonyl (C=O) groups excluding carboxylic acids is 2. The zero-order valence-corrected chi connectivity index (χ0v) is 20.4. The van der Waals surface area contributed by atoms with E-state index in [1.165, 1.54) is 24.5 Å². The quantitative estimate of drug-likeness (QED) is 0.490. The number of benzene rings is 2. The number of amides is 3. The Labute approximate surface area is 205 Å². The smallest absolute Gasteiger partial charge is 0.321 e. The number of anilines is 2. The molecule has 3 aromatic rings. The van der Waals surface area contributed by atoms with Crippen LogP contribution in [0.15, 0.2) is 48.8 Å². The zero-order valence-electron chi connectivity index (χ0n) is 18.8. The molecule has 1 aromatic heterocycles. The fraction of sp³-hybridized carbons (Fsp3) is 0.217. The number of carbonyl (C=O) groups is 2. The molecule has 8 nitrogen and oxygen atoms in total. The van der Waals surface area contributed by atoms with Crippen molar-refractivity contribution in [1.29, 1.82) is 0 Å². The minimum absolute atomic E-state index is 0.0458. The summed E-state index contributed by atoms with van der Waals surface area (Å²) in [6, 6.07) is 7.58. The van der Waals surface area contributed by atoms with Gasteiger partial charge in [0.25, 0.3) is 0 Å². The Kier molecular flexibility index (Phi) is 6.87. The van der Waals surface area contributed by atoms with E-state index in [0.717, 1.165) is 4.90 Å². The Morgan fingerprint density at radius 3 is 2.51 bits per heavy atom. The van der Waals surface area contributed by atoms with Crippen LogP contribution < -0.4 is 20.8 Å². The molecule has 4 rings (SSSR count). The average Bonchev–Trinajstić information content (AvgIpc) is 3.16. The second-order valence-corrected chi connectivity index (χ2v) is 11.9. The van der Waals surface area contributed by atoms with Crippen LogP contribution in [-0.4, -0.2) is 47.8 Å². The Morgan fingerprint density at radius 1 is 1.09 bits per heavy atom. The SMILES string of the molecule is CP(C)(=O)c1ccccc1-c1ccc(N2CC[C@@H](NC(=O)Nc3cnc(Cl)cn3)C2=O)c(F)c1F. The molecule has 0 spiro atoms. The Morgan fingerprint density at radius 2 is 1.83 bits per heavy atom. The first-order chi connectivity index (χ1) is 16.6. The highest BCUT2D eigenvalue weighted by molar-refractivity contribution is 7.70. The highest BCUT2D eigenvalue weighted by Crippen LogP contribution is 2.40. The van der Waals surface area contributed by atoms with Crippen molar-refractivity contribution in [3.05, 3.63) is 65.6 Å². The van der Waals surface area contributed by atoms with Crippen molar-refractivity contribution in [2.75, 3.05) is 30.1 Å². The molecule has 1 aliphatic rings. The number of hydrogen-bond donors (Lipinski definition) is 2. The molecule has 35 heavy (non-hydrogen) atoms. The molecule has 0 saturated carbocycles. The maximum atomic E-state index is 15.2. The van der Waals surface area contributed by atoms with Crippen molar-refractivity contribution in [3.8, 4) is 11.1 Å². The average molecular weight is 520 g/mol. The van der Waals surface area contributed by atoms with Crippen LogP contribution >= 0.6 is 18.7 Å². The fourth-order valence-electron chi connectivity index (χ4n) is 3.87. The number of nitrogens with zero attached hydrogens (tertiary/aromatic N) is 3. The summed E-state index contributed by atoms with van der Waals surface area (Å²) in [7, 11) is -2.76. The van der Waals surface area contributed by atoms with Crippen LogP contribution in [0.4, 0.5) is 25.1 Å². The van der Waals surface area contributed by atoms with Gasteiger partial charge in [-0.1, -0.05) is 35.9 Å². The van der Waals surface area contributed by atoms with Crippen LogP contribution in [0.5, 0.6) is 0 Å². The van der Waals surface area contributed by atoms with Gasteiger partial charge in [-0.25, -0.2) is 23.5 Å². The highest BCUT2D eigenvalue weighted by Gasteiger charge is 2.36. The summed E-state index contributed by atoms with van der Waals surface area (Å²) < 4.78 is 43.0. The first-order valence-electron chi connectivity index (χ1n) is 10.6. The number of hydrogen-bond acceptors (Lipinski definition) is 5. The molecular weight excluding hydrogens is 499 g/mol. The van der Waals surface area contributed by atoms with Gasteiger partial charge in [0, 0.05) is 17.4 Å². The van der Waals surface area contributed by atoms with Crippen molar-refractivity contribution in [1.82, 2.24) is 15.3 Å². The molecule has 2 N–H and O–H groups in total. The first-order valence-corrected chi connectivity index (χ1v) is 13.5. The van der Waals surface area contributed by atoms with E-state index < -0.39 is 36.8 Å². The van der Waals surface area contributed by atoms with Crippen LogP contribution in [-0.2, 0) is 9.36 Å². The summed E-state index contributed by atoms with van der Waals surface area (Å²) in [5, 5.41) is 5.51.